The third kappa shape index (κ3) is 2.94. The summed E-state index contributed by atoms with van der Waals surface area (Å²) in [6, 6.07) is 2.41. The van der Waals surface area contributed by atoms with Gasteiger partial charge in [-0.15, -0.1) is 0 Å². The first kappa shape index (κ1) is 13.6. The van der Waals surface area contributed by atoms with E-state index < -0.39 is 0 Å². The molecule has 1 saturated heterocycles. The Morgan fingerprint density at radius 1 is 1.56 bits per heavy atom. The van der Waals surface area contributed by atoms with Crippen LogP contribution in [0, 0.1) is 0 Å². The predicted octanol–water partition coefficient (Wildman–Crippen LogP) is 2.07. The van der Waals surface area contributed by atoms with Crippen molar-refractivity contribution in [1.82, 2.24) is 10.3 Å². The van der Waals surface area contributed by atoms with Crippen LogP contribution in [0.5, 0.6) is 0 Å². The maximum Gasteiger partial charge on any atom is 0.129 e. The highest BCUT2D eigenvalue weighted by molar-refractivity contribution is 6.31. The summed E-state index contributed by atoms with van der Waals surface area (Å²) in [5, 5.41) is 3.83. The highest BCUT2D eigenvalue weighted by Crippen LogP contribution is 2.24. The number of ether oxygens (including phenoxy) is 1. The summed E-state index contributed by atoms with van der Waals surface area (Å²) < 4.78 is 5.64. The molecule has 0 aliphatic carbocycles. The lowest BCUT2D eigenvalue weighted by atomic mass is 10.2. The van der Waals surface area contributed by atoms with Crippen molar-refractivity contribution in [2.75, 3.05) is 25.1 Å². The zero-order valence-electron chi connectivity index (χ0n) is 11.1. The number of pyridine rings is 1. The molecule has 1 N–H and O–H groups in total. The van der Waals surface area contributed by atoms with Crippen LogP contribution in [-0.4, -0.2) is 37.3 Å². The second-order valence-corrected chi connectivity index (χ2v) is 5.22. The molecule has 1 aromatic heterocycles. The number of nitrogens with one attached hydrogen (secondary N) is 1. The van der Waals surface area contributed by atoms with Crippen molar-refractivity contribution in [3.8, 4) is 0 Å². The molecule has 1 fully saturated rings. The highest BCUT2D eigenvalue weighted by atomic mass is 35.5. The van der Waals surface area contributed by atoms with Crippen LogP contribution >= 0.6 is 11.6 Å². The quantitative estimate of drug-likeness (QED) is 0.912. The number of aromatic nitrogens is 1. The monoisotopic (exact) mass is 269 g/mol. The van der Waals surface area contributed by atoms with E-state index in [1.807, 2.05) is 7.05 Å². The molecule has 4 nitrogen and oxygen atoms in total. The van der Waals surface area contributed by atoms with Gasteiger partial charge >= 0.3 is 0 Å². The number of hydrogen-bond acceptors (Lipinski definition) is 4. The molecular weight excluding hydrogens is 250 g/mol. The van der Waals surface area contributed by atoms with Crippen molar-refractivity contribution in [3.05, 3.63) is 22.8 Å². The number of rotatable bonds is 3. The molecule has 0 spiro atoms. The molecule has 100 valence electrons. The fourth-order valence-corrected chi connectivity index (χ4v) is 2.34. The normalized spacial score (nSPS) is 24.3. The molecule has 1 aliphatic heterocycles. The molecule has 0 bridgehead atoms. The molecule has 5 heteroatoms. The van der Waals surface area contributed by atoms with E-state index in [2.05, 4.69) is 35.1 Å². The van der Waals surface area contributed by atoms with E-state index in [1.54, 1.807) is 6.20 Å². The molecule has 2 heterocycles. The van der Waals surface area contributed by atoms with Gasteiger partial charge in [-0.1, -0.05) is 11.6 Å². The highest BCUT2D eigenvalue weighted by Gasteiger charge is 2.24. The third-order valence-electron chi connectivity index (χ3n) is 3.19. The van der Waals surface area contributed by atoms with Crippen LogP contribution in [0.25, 0.3) is 0 Å². The average Bonchev–Trinajstić information content (AvgIpc) is 2.35. The lowest BCUT2D eigenvalue weighted by Crippen LogP contribution is -2.47. The topological polar surface area (TPSA) is 37.4 Å². The molecule has 0 aromatic carbocycles. The minimum absolute atomic E-state index is 0.242. The van der Waals surface area contributed by atoms with E-state index in [-0.39, 0.29) is 6.10 Å². The van der Waals surface area contributed by atoms with E-state index >= 15 is 0 Å². The fraction of sp³-hybridized carbons (Fsp3) is 0.615. The summed E-state index contributed by atoms with van der Waals surface area (Å²) in [7, 11) is 1.91. The van der Waals surface area contributed by atoms with E-state index in [9.17, 15) is 0 Å². The number of hydrogen-bond donors (Lipinski definition) is 1. The molecule has 1 aromatic rings. The van der Waals surface area contributed by atoms with Gasteiger partial charge in [0.25, 0.3) is 0 Å². The fourth-order valence-electron chi connectivity index (χ4n) is 2.17. The maximum atomic E-state index is 6.13. The standard InChI is InChI=1S/C13H20ClN3O/c1-9-8-18-10(2)7-17(9)13-4-11(5-15-3)12(14)6-16-13/h4,6,9-10,15H,5,7-8H2,1-3H3. The van der Waals surface area contributed by atoms with Gasteiger partial charge in [0.1, 0.15) is 5.82 Å². The van der Waals surface area contributed by atoms with Crippen LogP contribution in [-0.2, 0) is 11.3 Å². The second kappa shape index (κ2) is 5.87. The van der Waals surface area contributed by atoms with Crippen LogP contribution in [0.1, 0.15) is 19.4 Å². The predicted molar refractivity (Wildman–Crippen MR) is 74.2 cm³/mol. The molecular formula is C13H20ClN3O. The van der Waals surface area contributed by atoms with Gasteiger partial charge in [0.2, 0.25) is 0 Å². The average molecular weight is 270 g/mol. The summed E-state index contributed by atoms with van der Waals surface area (Å²) in [4.78, 5) is 6.72. The first-order valence-corrected chi connectivity index (χ1v) is 6.67. The number of nitrogens with zero attached hydrogens (tertiary/aromatic N) is 2. The summed E-state index contributed by atoms with van der Waals surface area (Å²) in [5.74, 6) is 0.979. The van der Waals surface area contributed by atoms with E-state index in [1.165, 1.54) is 0 Å². The van der Waals surface area contributed by atoms with Crippen LogP contribution in [0.2, 0.25) is 5.02 Å². The van der Waals surface area contributed by atoms with Crippen molar-refractivity contribution in [1.29, 1.82) is 0 Å². The first-order valence-electron chi connectivity index (χ1n) is 6.29. The Morgan fingerprint density at radius 3 is 3.06 bits per heavy atom. The summed E-state index contributed by atoms with van der Waals surface area (Å²) in [5.41, 5.74) is 1.08. The third-order valence-corrected chi connectivity index (χ3v) is 3.53. The molecule has 0 amide bonds. The second-order valence-electron chi connectivity index (χ2n) is 4.81. The maximum absolute atomic E-state index is 6.13. The summed E-state index contributed by atoms with van der Waals surface area (Å²) in [6.07, 6.45) is 1.97. The molecule has 1 aliphatic rings. The van der Waals surface area contributed by atoms with E-state index in [4.69, 9.17) is 16.3 Å². The van der Waals surface area contributed by atoms with Gasteiger partial charge in [-0.05, 0) is 32.5 Å². The molecule has 2 unspecified atom stereocenters. The minimum atomic E-state index is 0.242. The summed E-state index contributed by atoms with van der Waals surface area (Å²) >= 11 is 6.13. The smallest absolute Gasteiger partial charge is 0.129 e. The Labute approximate surface area is 113 Å². The van der Waals surface area contributed by atoms with Gasteiger partial charge < -0.3 is 15.0 Å². The van der Waals surface area contributed by atoms with E-state index in [0.717, 1.165) is 31.1 Å². The Balaban J connectivity index is 2.23. The molecule has 0 saturated carbocycles. The number of halogens is 1. The molecule has 2 rings (SSSR count). The minimum Gasteiger partial charge on any atom is -0.375 e. The SMILES string of the molecule is CNCc1cc(N2CC(C)OCC2C)ncc1Cl. The van der Waals surface area contributed by atoms with Gasteiger partial charge in [-0.2, -0.15) is 0 Å². The van der Waals surface area contributed by atoms with Crippen molar-refractivity contribution >= 4 is 17.4 Å². The van der Waals surface area contributed by atoms with E-state index in [0.29, 0.717) is 11.1 Å². The summed E-state index contributed by atoms with van der Waals surface area (Å²) in [6.45, 7) is 6.60. The Morgan fingerprint density at radius 2 is 2.33 bits per heavy atom. The van der Waals surface area contributed by atoms with Crippen LogP contribution in [0.15, 0.2) is 12.3 Å². The van der Waals surface area contributed by atoms with Gasteiger partial charge in [-0.3, -0.25) is 0 Å². The van der Waals surface area contributed by atoms with Crippen molar-refractivity contribution in [2.45, 2.75) is 32.5 Å². The van der Waals surface area contributed by atoms with Crippen LogP contribution in [0.3, 0.4) is 0 Å². The zero-order chi connectivity index (χ0) is 13.1. The van der Waals surface area contributed by atoms with Crippen LogP contribution < -0.4 is 10.2 Å². The first-order chi connectivity index (χ1) is 8.61. The van der Waals surface area contributed by atoms with Gasteiger partial charge in [0.15, 0.2) is 0 Å². The van der Waals surface area contributed by atoms with Gasteiger partial charge in [0, 0.05) is 19.3 Å². The molecule has 18 heavy (non-hydrogen) atoms. The van der Waals surface area contributed by atoms with Crippen molar-refractivity contribution in [3.63, 3.8) is 0 Å². The molecule has 0 radical (unpaired) electrons. The number of anilines is 1. The van der Waals surface area contributed by atoms with Crippen molar-refractivity contribution < 1.29 is 4.74 Å². The Hall–Kier alpha value is -0.840. The lowest BCUT2D eigenvalue weighted by Gasteiger charge is -2.37. The van der Waals surface area contributed by atoms with Crippen molar-refractivity contribution in [2.24, 2.45) is 0 Å². The zero-order valence-corrected chi connectivity index (χ0v) is 11.9. The lowest BCUT2D eigenvalue weighted by molar-refractivity contribution is 0.0340. The largest absolute Gasteiger partial charge is 0.375 e. The van der Waals surface area contributed by atoms with Gasteiger partial charge in [0.05, 0.1) is 23.8 Å². The number of morpholine rings is 1. The van der Waals surface area contributed by atoms with Crippen LogP contribution in [0.4, 0.5) is 5.82 Å². The molecule has 2 atom stereocenters. The Kier molecular flexibility index (Phi) is 4.43. The van der Waals surface area contributed by atoms with Gasteiger partial charge in [-0.25, -0.2) is 4.98 Å². The Bertz CT molecular complexity index is 413.